The molecule has 0 radical (unpaired) electrons. The van der Waals surface area contributed by atoms with Gasteiger partial charge in [-0.25, -0.2) is 9.97 Å². The van der Waals surface area contributed by atoms with E-state index in [1.54, 1.807) is 7.11 Å². The van der Waals surface area contributed by atoms with Gasteiger partial charge in [-0.1, -0.05) is 28.1 Å². The fourth-order valence-electron chi connectivity index (χ4n) is 2.34. The summed E-state index contributed by atoms with van der Waals surface area (Å²) in [6.45, 7) is 2.01. The summed E-state index contributed by atoms with van der Waals surface area (Å²) in [5.41, 5.74) is 9.43. The standard InChI is InChI=1S/C18H18BrN5O/c1-11-6-7-15(25-2)14(8-11)24-18-16(20)17(21-10-22-18)23-13-5-3-4-12(19)9-13/h3-10H,20H2,1-2H3,(H2,21,22,23,24). The summed E-state index contributed by atoms with van der Waals surface area (Å²) in [6.07, 6.45) is 1.46. The Morgan fingerprint density at radius 3 is 2.52 bits per heavy atom. The van der Waals surface area contributed by atoms with Gasteiger partial charge in [-0.2, -0.15) is 0 Å². The Hall–Kier alpha value is -2.80. The van der Waals surface area contributed by atoms with Crippen molar-refractivity contribution in [3.63, 3.8) is 0 Å². The summed E-state index contributed by atoms with van der Waals surface area (Å²) in [6, 6.07) is 13.6. The van der Waals surface area contributed by atoms with Crippen LogP contribution in [-0.2, 0) is 0 Å². The average molecular weight is 400 g/mol. The number of rotatable bonds is 5. The van der Waals surface area contributed by atoms with Gasteiger partial charge in [0.15, 0.2) is 11.6 Å². The minimum Gasteiger partial charge on any atom is -0.495 e. The first-order chi connectivity index (χ1) is 12.1. The molecule has 6 nitrogen and oxygen atoms in total. The van der Waals surface area contributed by atoms with Gasteiger partial charge in [0.1, 0.15) is 17.8 Å². The van der Waals surface area contributed by atoms with Crippen LogP contribution >= 0.6 is 15.9 Å². The number of nitrogens with zero attached hydrogens (tertiary/aromatic N) is 2. The van der Waals surface area contributed by atoms with Crippen molar-refractivity contribution < 1.29 is 4.74 Å². The number of anilines is 5. The molecule has 0 spiro atoms. The molecular weight excluding hydrogens is 382 g/mol. The molecule has 128 valence electrons. The van der Waals surface area contributed by atoms with Gasteiger partial charge in [-0.15, -0.1) is 0 Å². The molecule has 0 atom stereocenters. The summed E-state index contributed by atoms with van der Waals surface area (Å²) in [4.78, 5) is 8.48. The van der Waals surface area contributed by atoms with Crippen LogP contribution in [0.2, 0.25) is 0 Å². The maximum atomic E-state index is 6.24. The molecule has 0 saturated carbocycles. The molecule has 3 rings (SSSR count). The maximum absolute atomic E-state index is 6.24. The Morgan fingerprint density at radius 1 is 1.04 bits per heavy atom. The number of nitrogen functional groups attached to an aromatic ring is 1. The number of halogens is 1. The summed E-state index contributed by atoms with van der Waals surface area (Å²) in [7, 11) is 1.62. The SMILES string of the molecule is COc1ccc(C)cc1Nc1ncnc(Nc2cccc(Br)c2)c1N. The van der Waals surface area contributed by atoms with Crippen LogP contribution in [0.5, 0.6) is 5.75 Å². The van der Waals surface area contributed by atoms with E-state index in [-0.39, 0.29) is 0 Å². The molecular formula is C18H18BrN5O. The predicted octanol–water partition coefficient (Wildman–Crippen LogP) is 4.63. The Labute approximate surface area is 154 Å². The van der Waals surface area contributed by atoms with Crippen LogP contribution in [0.1, 0.15) is 5.56 Å². The fourth-order valence-corrected chi connectivity index (χ4v) is 2.74. The number of nitrogens with two attached hydrogens (primary N) is 1. The molecule has 2 aromatic carbocycles. The van der Waals surface area contributed by atoms with Crippen molar-refractivity contribution in [1.29, 1.82) is 0 Å². The highest BCUT2D eigenvalue weighted by molar-refractivity contribution is 9.10. The van der Waals surface area contributed by atoms with Crippen LogP contribution in [0.4, 0.5) is 28.7 Å². The molecule has 0 aliphatic heterocycles. The lowest BCUT2D eigenvalue weighted by Gasteiger charge is -2.15. The molecule has 0 aliphatic carbocycles. The Kier molecular flexibility index (Phi) is 5.04. The van der Waals surface area contributed by atoms with E-state index >= 15 is 0 Å². The third-order valence-corrected chi connectivity index (χ3v) is 4.07. The highest BCUT2D eigenvalue weighted by atomic mass is 79.9. The molecule has 0 unspecified atom stereocenters. The zero-order valence-corrected chi connectivity index (χ0v) is 15.5. The van der Waals surface area contributed by atoms with Crippen LogP contribution in [-0.4, -0.2) is 17.1 Å². The molecule has 0 amide bonds. The van der Waals surface area contributed by atoms with E-state index in [2.05, 4.69) is 36.5 Å². The molecule has 1 aromatic heterocycles. The van der Waals surface area contributed by atoms with E-state index in [1.807, 2.05) is 49.4 Å². The number of benzene rings is 2. The summed E-state index contributed by atoms with van der Waals surface area (Å²) >= 11 is 3.45. The largest absolute Gasteiger partial charge is 0.495 e. The number of methoxy groups -OCH3 is 1. The molecule has 0 saturated heterocycles. The molecule has 0 bridgehead atoms. The van der Waals surface area contributed by atoms with Gasteiger partial charge < -0.3 is 21.1 Å². The van der Waals surface area contributed by atoms with Gasteiger partial charge in [0.05, 0.1) is 12.8 Å². The van der Waals surface area contributed by atoms with Gasteiger partial charge in [0.2, 0.25) is 0 Å². The lowest BCUT2D eigenvalue weighted by molar-refractivity contribution is 0.416. The highest BCUT2D eigenvalue weighted by Gasteiger charge is 2.11. The summed E-state index contributed by atoms with van der Waals surface area (Å²) in [5, 5.41) is 6.42. The molecule has 0 aliphatic rings. The van der Waals surface area contributed by atoms with Crippen molar-refractivity contribution >= 4 is 44.6 Å². The zero-order valence-electron chi connectivity index (χ0n) is 13.9. The van der Waals surface area contributed by atoms with Crippen molar-refractivity contribution in [2.24, 2.45) is 0 Å². The molecule has 4 N–H and O–H groups in total. The second kappa shape index (κ2) is 7.40. The number of aryl methyl sites for hydroxylation is 1. The number of nitrogens with one attached hydrogen (secondary N) is 2. The first-order valence-electron chi connectivity index (χ1n) is 7.61. The van der Waals surface area contributed by atoms with Crippen LogP contribution < -0.4 is 21.1 Å². The van der Waals surface area contributed by atoms with Crippen LogP contribution in [0.15, 0.2) is 53.3 Å². The van der Waals surface area contributed by atoms with E-state index in [0.717, 1.165) is 21.4 Å². The van der Waals surface area contributed by atoms with Crippen LogP contribution in [0.25, 0.3) is 0 Å². The van der Waals surface area contributed by atoms with E-state index in [1.165, 1.54) is 6.33 Å². The second-order valence-electron chi connectivity index (χ2n) is 5.45. The molecule has 25 heavy (non-hydrogen) atoms. The van der Waals surface area contributed by atoms with Crippen molar-refractivity contribution in [3.05, 3.63) is 58.8 Å². The lowest BCUT2D eigenvalue weighted by Crippen LogP contribution is -2.06. The topological polar surface area (TPSA) is 85.1 Å². The second-order valence-corrected chi connectivity index (χ2v) is 6.36. The third-order valence-electron chi connectivity index (χ3n) is 3.58. The van der Waals surface area contributed by atoms with Crippen LogP contribution in [0.3, 0.4) is 0 Å². The Bertz CT molecular complexity index is 900. The van der Waals surface area contributed by atoms with E-state index < -0.39 is 0 Å². The Morgan fingerprint density at radius 2 is 1.80 bits per heavy atom. The van der Waals surface area contributed by atoms with Gasteiger partial charge in [0, 0.05) is 10.2 Å². The molecule has 3 aromatic rings. The normalized spacial score (nSPS) is 10.4. The first kappa shape index (κ1) is 17.0. The summed E-state index contributed by atoms with van der Waals surface area (Å²) < 4.78 is 6.35. The Balaban J connectivity index is 1.90. The summed E-state index contributed by atoms with van der Waals surface area (Å²) in [5.74, 6) is 1.75. The average Bonchev–Trinajstić information content (AvgIpc) is 2.59. The van der Waals surface area contributed by atoms with Crippen LogP contribution in [0, 0.1) is 6.92 Å². The van der Waals surface area contributed by atoms with Crippen molar-refractivity contribution in [3.8, 4) is 5.75 Å². The first-order valence-corrected chi connectivity index (χ1v) is 8.41. The monoisotopic (exact) mass is 399 g/mol. The van der Waals surface area contributed by atoms with E-state index in [4.69, 9.17) is 10.5 Å². The van der Waals surface area contributed by atoms with E-state index in [9.17, 15) is 0 Å². The fraction of sp³-hybridized carbons (Fsp3) is 0.111. The number of hydrogen-bond donors (Lipinski definition) is 3. The molecule has 7 heteroatoms. The minimum atomic E-state index is 0.422. The minimum absolute atomic E-state index is 0.422. The van der Waals surface area contributed by atoms with Gasteiger partial charge in [-0.05, 0) is 42.8 Å². The van der Waals surface area contributed by atoms with Crippen molar-refractivity contribution in [1.82, 2.24) is 9.97 Å². The van der Waals surface area contributed by atoms with Gasteiger partial charge >= 0.3 is 0 Å². The van der Waals surface area contributed by atoms with Gasteiger partial charge in [-0.3, -0.25) is 0 Å². The zero-order chi connectivity index (χ0) is 17.8. The highest BCUT2D eigenvalue weighted by Crippen LogP contribution is 2.32. The van der Waals surface area contributed by atoms with E-state index in [0.29, 0.717) is 23.1 Å². The quantitative estimate of drug-likeness (QED) is 0.579. The number of ether oxygens (including phenoxy) is 1. The van der Waals surface area contributed by atoms with Crippen molar-refractivity contribution in [2.45, 2.75) is 6.92 Å². The number of aromatic nitrogens is 2. The molecule has 0 fully saturated rings. The predicted molar refractivity (Wildman–Crippen MR) is 105 cm³/mol. The lowest BCUT2D eigenvalue weighted by atomic mass is 10.2. The number of hydrogen-bond acceptors (Lipinski definition) is 6. The molecule has 1 heterocycles. The third kappa shape index (κ3) is 4.00. The maximum Gasteiger partial charge on any atom is 0.159 e. The van der Waals surface area contributed by atoms with Gasteiger partial charge in [0.25, 0.3) is 0 Å². The smallest absolute Gasteiger partial charge is 0.159 e. The van der Waals surface area contributed by atoms with Crippen molar-refractivity contribution in [2.75, 3.05) is 23.5 Å².